The maximum atomic E-state index is 6.04. The van der Waals surface area contributed by atoms with E-state index in [1.165, 1.54) is 26.8 Å². The molecule has 5 rings (SSSR count). The molecule has 1 N–H and O–H groups in total. The molecule has 0 amide bonds. The molecule has 3 heterocycles. The fourth-order valence-electron chi connectivity index (χ4n) is 4.36. The molecule has 8 nitrogen and oxygen atoms in total. The number of ether oxygens (including phenoxy) is 3. The SMILES string of the molecule is CC#C[C@@H](Cc1nn[nH]n1)c1ccc(OCc2ccc3scc(-c4ccc(OCCOC)cc4C)c3c2)nc1. The quantitative estimate of drug-likeness (QED) is 0.169. The van der Waals surface area contributed by atoms with Gasteiger partial charge in [0, 0.05) is 41.4 Å². The minimum absolute atomic E-state index is 0.0667. The Balaban J connectivity index is 1.28. The van der Waals surface area contributed by atoms with E-state index in [0.717, 1.165) is 16.9 Å². The molecule has 0 aliphatic rings. The Hall–Kier alpha value is -4.26. The summed E-state index contributed by atoms with van der Waals surface area (Å²) in [4.78, 5) is 4.52. The van der Waals surface area contributed by atoms with Crippen LogP contribution in [0.25, 0.3) is 21.2 Å². The predicted molar refractivity (Wildman–Crippen MR) is 152 cm³/mol. The van der Waals surface area contributed by atoms with E-state index in [1.807, 2.05) is 25.1 Å². The Bertz CT molecular complexity index is 1590. The van der Waals surface area contributed by atoms with Gasteiger partial charge in [-0.25, -0.2) is 4.98 Å². The van der Waals surface area contributed by atoms with E-state index >= 15 is 0 Å². The highest BCUT2D eigenvalue weighted by molar-refractivity contribution is 7.17. The lowest BCUT2D eigenvalue weighted by Gasteiger charge is -2.11. The molecule has 0 aliphatic carbocycles. The average molecular weight is 540 g/mol. The largest absolute Gasteiger partial charge is 0.491 e. The number of pyridine rings is 1. The van der Waals surface area contributed by atoms with E-state index in [4.69, 9.17) is 14.2 Å². The second kappa shape index (κ2) is 12.5. The van der Waals surface area contributed by atoms with Crippen molar-refractivity contribution in [3.8, 4) is 34.6 Å². The van der Waals surface area contributed by atoms with Crippen LogP contribution in [0.5, 0.6) is 11.6 Å². The van der Waals surface area contributed by atoms with E-state index in [0.29, 0.717) is 37.9 Å². The third-order valence-corrected chi connectivity index (χ3v) is 7.29. The van der Waals surface area contributed by atoms with Crippen LogP contribution in [0.4, 0.5) is 0 Å². The van der Waals surface area contributed by atoms with Gasteiger partial charge in [0.2, 0.25) is 5.88 Å². The minimum Gasteiger partial charge on any atom is -0.491 e. The van der Waals surface area contributed by atoms with Gasteiger partial charge < -0.3 is 14.2 Å². The number of rotatable bonds is 11. The van der Waals surface area contributed by atoms with Gasteiger partial charge in [-0.3, -0.25) is 0 Å². The van der Waals surface area contributed by atoms with E-state index in [1.54, 1.807) is 24.6 Å². The number of tetrazole rings is 1. The van der Waals surface area contributed by atoms with Crippen LogP contribution >= 0.6 is 11.3 Å². The van der Waals surface area contributed by atoms with Crippen molar-refractivity contribution in [2.45, 2.75) is 32.8 Å². The zero-order valence-electron chi connectivity index (χ0n) is 22.1. The van der Waals surface area contributed by atoms with E-state index in [2.05, 4.69) is 80.1 Å². The molecule has 198 valence electrons. The molecule has 0 unspecified atom stereocenters. The molecule has 0 saturated carbocycles. The molecule has 0 fully saturated rings. The first-order chi connectivity index (χ1) is 19.1. The number of nitrogens with zero attached hydrogens (tertiary/aromatic N) is 4. The van der Waals surface area contributed by atoms with Crippen molar-refractivity contribution in [2.75, 3.05) is 20.3 Å². The van der Waals surface area contributed by atoms with Gasteiger partial charge in [-0.1, -0.05) is 29.3 Å². The summed E-state index contributed by atoms with van der Waals surface area (Å²) in [6.45, 7) is 5.45. The van der Waals surface area contributed by atoms with Crippen LogP contribution < -0.4 is 9.47 Å². The van der Waals surface area contributed by atoms with Crippen molar-refractivity contribution >= 4 is 21.4 Å². The number of aromatic amines is 1. The zero-order chi connectivity index (χ0) is 27.0. The van der Waals surface area contributed by atoms with Crippen LogP contribution in [0.2, 0.25) is 0 Å². The molecular formula is C30H29N5O3S. The number of hydrogen-bond acceptors (Lipinski definition) is 8. The van der Waals surface area contributed by atoms with Crippen LogP contribution in [0.3, 0.4) is 0 Å². The Morgan fingerprint density at radius 3 is 2.69 bits per heavy atom. The molecule has 9 heteroatoms. The first-order valence-electron chi connectivity index (χ1n) is 12.6. The van der Waals surface area contributed by atoms with Gasteiger partial charge in [-0.15, -0.1) is 27.5 Å². The molecule has 3 aromatic heterocycles. The lowest BCUT2D eigenvalue weighted by Crippen LogP contribution is -2.04. The van der Waals surface area contributed by atoms with Crippen LogP contribution in [0, 0.1) is 18.8 Å². The minimum atomic E-state index is -0.0667. The molecule has 2 aromatic carbocycles. The van der Waals surface area contributed by atoms with Crippen molar-refractivity contribution in [2.24, 2.45) is 0 Å². The summed E-state index contributed by atoms with van der Waals surface area (Å²) in [7, 11) is 1.67. The van der Waals surface area contributed by atoms with Gasteiger partial charge in [0.25, 0.3) is 0 Å². The van der Waals surface area contributed by atoms with Crippen molar-refractivity contribution in [3.63, 3.8) is 0 Å². The van der Waals surface area contributed by atoms with Crippen LogP contribution in [-0.4, -0.2) is 45.9 Å². The van der Waals surface area contributed by atoms with Gasteiger partial charge in [0.1, 0.15) is 19.0 Å². The number of hydrogen-bond donors (Lipinski definition) is 1. The average Bonchev–Trinajstić information content (AvgIpc) is 3.62. The van der Waals surface area contributed by atoms with Gasteiger partial charge in [0.15, 0.2) is 5.82 Å². The number of H-pyrrole nitrogens is 1. The maximum absolute atomic E-state index is 6.04. The number of aromatic nitrogens is 5. The maximum Gasteiger partial charge on any atom is 0.213 e. The summed E-state index contributed by atoms with van der Waals surface area (Å²) in [6, 6.07) is 16.6. The van der Waals surface area contributed by atoms with Gasteiger partial charge in [-0.2, -0.15) is 5.21 Å². The first kappa shape index (κ1) is 26.4. The number of methoxy groups -OCH3 is 1. The fraction of sp³-hybridized carbons (Fsp3) is 0.267. The highest BCUT2D eigenvalue weighted by atomic mass is 32.1. The Morgan fingerprint density at radius 1 is 1.03 bits per heavy atom. The van der Waals surface area contributed by atoms with Crippen molar-refractivity contribution < 1.29 is 14.2 Å². The van der Waals surface area contributed by atoms with Gasteiger partial charge in [0.05, 0.1) is 12.5 Å². The van der Waals surface area contributed by atoms with Crippen LogP contribution in [-0.2, 0) is 17.8 Å². The predicted octanol–water partition coefficient (Wildman–Crippen LogP) is 5.74. The summed E-state index contributed by atoms with van der Waals surface area (Å²) < 4.78 is 18.1. The lowest BCUT2D eigenvalue weighted by atomic mass is 9.97. The van der Waals surface area contributed by atoms with Gasteiger partial charge >= 0.3 is 0 Å². The van der Waals surface area contributed by atoms with E-state index in [-0.39, 0.29) is 5.92 Å². The van der Waals surface area contributed by atoms with Crippen molar-refractivity contribution in [1.29, 1.82) is 0 Å². The Morgan fingerprint density at radius 2 is 1.95 bits per heavy atom. The Labute approximate surface area is 231 Å². The molecule has 0 saturated heterocycles. The second-order valence-corrected chi connectivity index (χ2v) is 9.91. The molecule has 0 spiro atoms. The number of aryl methyl sites for hydroxylation is 1. The molecular weight excluding hydrogens is 510 g/mol. The van der Waals surface area contributed by atoms with Gasteiger partial charge in [-0.05, 0) is 65.7 Å². The van der Waals surface area contributed by atoms with Crippen LogP contribution in [0.15, 0.2) is 60.1 Å². The molecule has 1 atom stereocenters. The van der Waals surface area contributed by atoms with Crippen LogP contribution in [0.1, 0.15) is 35.4 Å². The first-order valence-corrected chi connectivity index (χ1v) is 13.5. The smallest absolute Gasteiger partial charge is 0.213 e. The molecule has 5 aromatic rings. The summed E-state index contributed by atoms with van der Waals surface area (Å²) in [6.07, 6.45) is 2.36. The van der Waals surface area contributed by atoms with Crippen molar-refractivity contribution in [1.82, 2.24) is 25.6 Å². The highest BCUT2D eigenvalue weighted by Gasteiger charge is 2.14. The summed E-state index contributed by atoms with van der Waals surface area (Å²) >= 11 is 1.74. The number of thiophene rings is 1. The second-order valence-electron chi connectivity index (χ2n) is 9.00. The van der Waals surface area contributed by atoms with E-state index in [9.17, 15) is 0 Å². The monoisotopic (exact) mass is 539 g/mol. The highest BCUT2D eigenvalue weighted by Crippen LogP contribution is 2.37. The normalized spacial score (nSPS) is 11.7. The number of nitrogens with one attached hydrogen (secondary N) is 1. The standard InChI is InChI=1S/C30H29N5O3S/c1-4-5-22(16-29-32-34-35-33-29)23-7-11-30(31-17-23)38-18-21-6-10-28-26(15-21)27(19-39-28)25-9-8-24(14-20(25)2)37-13-12-36-3/h6-11,14-15,17,19,22H,12-13,16,18H2,1-3H3,(H,32,33,34,35)/t22-/m0/s1. The van der Waals surface area contributed by atoms with E-state index < -0.39 is 0 Å². The third kappa shape index (κ3) is 6.42. The lowest BCUT2D eigenvalue weighted by molar-refractivity contribution is 0.146. The molecule has 0 radical (unpaired) electrons. The third-order valence-electron chi connectivity index (χ3n) is 6.32. The van der Waals surface area contributed by atoms with Crippen molar-refractivity contribution in [3.05, 3.63) is 82.6 Å². The zero-order valence-corrected chi connectivity index (χ0v) is 22.9. The summed E-state index contributed by atoms with van der Waals surface area (Å²) in [5.74, 6) is 8.15. The number of benzene rings is 2. The topological polar surface area (TPSA) is 95.0 Å². The summed E-state index contributed by atoms with van der Waals surface area (Å²) in [5.41, 5.74) is 5.64. The Kier molecular flexibility index (Phi) is 8.46. The molecule has 0 bridgehead atoms. The molecule has 0 aliphatic heterocycles. The fourth-order valence-corrected chi connectivity index (χ4v) is 5.31. The summed E-state index contributed by atoms with van der Waals surface area (Å²) in [5, 5.41) is 17.6. The molecule has 39 heavy (non-hydrogen) atoms. The number of fused-ring (bicyclic) bond motifs is 1.